The Kier molecular flexibility index (Phi) is 11.5. The van der Waals surface area contributed by atoms with Crippen LogP contribution in [-0.2, 0) is 36.7 Å². The Balaban J connectivity index is 0.873. The molecule has 52 heavy (non-hydrogen) atoms. The van der Waals surface area contributed by atoms with Gasteiger partial charge in [-0.2, -0.15) is 21.7 Å². The van der Waals surface area contributed by atoms with E-state index in [2.05, 4.69) is 29.9 Å². The molecule has 9 atom stereocenters. The summed E-state index contributed by atoms with van der Waals surface area (Å²) in [5.74, 6) is -0.0635. The lowest BCUT2D eigenvalue weighted by molar-refractivity contribution is -0.0512. The summed E-state index contributed by atoms with van der Waals surface area (Å²) in [4.78, 5) is 64.7. The highest BCUT2D eigenvalue weighted by molar-refractivity contribution is 7.99. The first-order chi connectivity index (χ1) is 24.6. The van der Waals surface area contributed by atoms with Crippen molar-refractivity contribution in [1.82, 2.24) is 39.0 Å². The molecule has 2 saturated heterocycles. The van der Waals surface area contributed by atoms with Gasteiger partial charge in [0, 0.05) is 17.9 Å². The van der Waals surface area contributed by atoms with Crippen LogP contribution in [0.4, 0.5) is 11.9 Å². The largest absolute Gasteiger partial charge is 0.472 e. The second kappa shape index (κ2) is 15.6. The van der Waals surface area contributed by atoms with Gasteiger partial charge < -0.3 is 46.0 Å². The maximum atomic E-state index is 12.4. The normalized spacial score (nSPS) is 27.4. The Hall–Kier alpha value is -3.33. The van der Waals surface area contributed by atoms with Gasteiger partial charge in [-0.3, -0.25) is 46.8 Å². The molecule has 0 bridgehead atoms. The molecule has 0 amide bonds. The minimum absolute atomic E-state index is 0.0157. The summed E-state index contributed by atoms with van der Waals surface area (Å²) in [5, 5.41) is 31.4. The van der Waals surface area contributed by atoms with E-state index in [9.17, 15) is 43.8 Å². The fourth-order valence-corrected chi connectivity index (χ4v) is 7.67. The molecular formula is C24H34N10O15P2S. The number of aromatic amines is 2. The highest BCUT2D eigenvalue weighted by atomic mass is 32.2. The number of thioether (sulfide) groups is 1. The second-order valence-electron chi connectivity index (χ2n) is 11.3. The highest BCUT2D eigenvalue weighted by Gasteiger charge is 2.45. The summed E-state index contributed by atoms with van der Waals surface area (Å²) in [6.07, 6.45) is -6.13. The Labute approximate surface area is 294 Å². The van der Waals surface area contributed by atoms with Gasteiger partial charge in [-0.15, -0.1) is 0 Å². The summed E-state index contributed by atoms with van der Waals surface area (Å²) in [6.45, 7) is -1.70. The first-order valence-corrected chi connectivity index (χ1v) is 19.4. The van der Waals surface area contributed by atoms with E-state index < -0.39 is 83.0 Å². The van der Waals surface area contributed by atoms with Crippen LogP contribution in [0.3, 0.4) is 0 Å². The number of nitrogen functional groups attached to an aromatic ring is 2. The Bertz CT molecular complexity index is 2110. The first kappa shape index (κ1) is 38.4. The Morgan fingerprint density at radius 2 is 1.33 bits per heavy atom. The zero-order valence-corrected chi connectivity index (χ0v) is 29.2. The number of anilines is 2. The molecular weight excluding hydrogens is 762 g/mol. The minimum atomic E-state index is -4.64. The number of phosphoric acid groups is 2. The summed E-state index contributed by atoms with van der Waals surface area (Å²) in [7, 11) is -9.21. The fourth-order valence-electron chi connectivity index (χ4n) is 5.35. The third kappa shape index (κ3) is 8.55. The molecule has 2 unspecified atom stereocenters. The van der Waals surface area contributed by atoms with E-state index >= 15 is 0 Å². The van der Waals surface area contributed by atoms with Crippen molar-refractivity contribution in [3.05, 3.63) is 33.4 Å². The molecule has 2 aliphatic rings. The number of phosphoric ester groups is 2. The lowest BCUT2D eigenvalue weighted by Crippen LogP contribution is -2.33. The standard InChI is InChI=1S/C24H34N10O15P2S/c25-23-29-18-14(20(38)31-23)27-8-33(18)13-5-10(35)11(48-13)6-46-50(40,41)44-1-3-52-4-2-45-51(42,43)47-7-12-16(36)17(37)22(49-12)34-9-28-15-19(34)30-24(26)32-21(15)39/h8-13,16-17,22,35-37H,1-7H2,(H,40,41)(H,42,43)(H3,25,29,31,38)(H3,26,30,32,39)/t10-,11+,12+,13+,16+,17+,22+/m0/s1. The molecule has 4 aromatic rings. The SMILES string of the molecule is Nc1nc2c(ncn2[C@@H]2O[C@H](COP(=O)(O)OCCSCCOP(=O)(O)OC[C@H]3O[C@@H](n4cnc5c(=O)[nH]c(N)nc54)C[C@@H]3O)[C@@H](O)[C@H]2O)c(=O)[nH]1. The number of hydrogen-bond acceptors (Lipinski definition) is 20. The number of ether oxygens (including phenoxy) is 2. The van der Waals surface area contributed by atoms with Crippen LogP contribution in [0, 0.1) is 0 Å². The molecule has 25 nitrogen and oxygen atoms in total. The molecule has 286 valence electrons. The van der Waals surface area contributed by atoms with Gasteiger partial charge in [0.15, 0.2) is 28.6 Å². The van der Waals surface area contributed by atoms with Crippen LogP contribution >= 0.6 is 27.4 Å². The van der Waals surface area contributed by atoms with Crippen LogP contribution in [0.15, 0.2) is 22.2 Å². The van der Waals surface area contributed by atoms with E-state index in [0.29, 0.717) is 0 Å². The van der Waals surface area contributed by atoms with Gasteiger partial charge in [0.1, 0.15) is 30.6 Å². The summed E-state index contributed by atoms with van der Waals surface area (Å²) >= 11 is 1.14. The summed E-state index contributed by atoms with van der Waals surface area (Å²) in [5.41, 5.74) is 10.0. The fraction of sp³-hybridized carbons (Fsp3) is 0.583. The molecule has 0 saturated carbocycles. The van der Waals surface area contributed by atoms with E-state index in [4.69, 9.17) is 39.0 Å². The molecule has 2 aliphatic heterocycles. The number of nitrogens with two attached hydrogens (primary N) is 2. The van der Waals surface area contributed by atoms with E-state index in [-0.39, 0.29) is 65.4 Å². The number of nitrogens with one attached hydrogen (secondary N) is 2. The van der Waals surface area contributed by atoms with Crippen LogP contribution in [0.5, 0.6) is 0 Å². The van der Waals surface area contributed by atoms with Crippen LogP contribution in [-0.4, -0.2) is 133 Å². The van der Waals surface area contributed by atoms with Crippen LogP contribution in [0.25, 0.3) is 22.3 Å². The van der Waals surface area contributed by atoms with Crippen LogP contribution < -0.4 is 22.6 Å². The molecule has 2 fully saturated rings. The third-order valence-corrected chi connectivity index (χ3v) is 10.7. The average molecular weight is 797 g/mol. The van der Waals surface area contributed by atoms with Gasteiger partial charge in [0.05, 0.1) is 45.2 Å². The van der Waals surface area contributed by atoms with Gasteiger partial charge in [-0.25, -0.2) is 19.1 Å². The summed E-state index contributed by atoms with van der Waals surface area (Å²) < 4.78 is 58.4. The second-order valence-corrected chi connectivity index (χ2v) is 15.5. The van der Waals surface area contributed by atoms with Crippen molar-refractivity contribution in [2.45, 2.75) is 49.4 Å². The molecule has 4 aromatic heterocycles. The zero-order chi connectivity index (χ0) is 37.4. The molecule has 0 radical (unpaired) electrons. The van der Waals surface area contributed by atoms with Crippen molar-refractivity contribution in [1.29, 1.82) is 0 Å². The third-order valence-electron chi connectivity index (χ3n) is 7.80. The first-order valence-electron chi connectivity index (χ1n) is 15.2. The van der Waals surface area contributed by atoms with E-state index in [0.717, 1.165) is 18.1 Å². The summed E-state index contributed by atoms with van der Waals surface area (Å²) in [6, 6.07) is 0. The number of H-pyrrole nitrogens is 2. The Morgan fingerprint density at radius 1 is 0.808 bits per heavy atom. The maximum absolute atomic E-state index is 12.4. The van der Waals surface area contributed by atoms with Crippen molar-refractivity contribution < 1.29 is 61.8 Å². The molecule has 28 heteroatoms. The van der Waals surface area contributed by atoms with Crippen molar-refractivity contribution >= 4 is 61.6 Å². The van der Waals surface area contributed by atoms with E-state index in [1.165, 1.54) is 15.5 Å². The molecule has 6 rings (SSSR count). The monoisotopic (exact) mass is 796 g/mol. The van der Waals surface area contributed by atoms with E-state index in [1.807, 2.05) is 0 Å². The van der Waals surface area contributed by atoms with Gasteiger partial charge in [-0.05, 0) is 0 Å². The van der Waals surface area contributed by atoms with Crippen molar-refractivity contribution in [3.8, 4) is 0 Å². The zero-order valence-electron chi connectivity index (χ0n) is 26.6. The lowest BCUT2D eigenvalue weighted by atomic mass is 10.1. The maximum Gasteiger partial charge on any atom is 0.472 e. The van der Waals surface area contributed by atoms with Gasteiger partial charge in [0.25, 0.3) is 11.1 Å². The van der Waals surface area contributed by atoms with E-state index in [1.54, 1.807) is 0 Å². The minimum Gasteiger partial charge on any atom is -0.390 e. The number of aromatic nitrogens is 8. The number of imidazole rings is 2. The number of aliphatic hydroxyl groups excluding tert-OH is 3. The number of rotatable bonds is 16. The van der Waals surface area contributed by atoms with Crippen molar-refractivity contribution in [3.63, 3.8) is 0 Å². The average Bonchev–Trinajstić information content (AvgIpc) is 3.84. The predicted octanol–water partition coefficient (Wildman–Crippen LogP) is -2.31. The lowest BCUT2D eigenvalue weighted by Gasteiger charge is -2.18. The number of hydrogen-bond donors (Lipinski definition) is 9. The highest BCUT2D eigenvalue weighted by Crippen LogP contribution is 2.46. The van der Waals surface area contributed by atoms with Gasteiger partial charge in [-0.1, -0.05) is 0 Å². The van der Waals surface area contributed by atoms with Gasteiger partial charge >= 0.3 is 15.6 Å². The molecule has 0 aromatic carbocycles. The van der Waals surface area contributed by atoms with Crippen LogP contribution in [0.1, 0.15) is 18.9 Å². The van der Waals surface area contributed by atoms with Gasteiger partial charge in [0.2, 0.25) is 11.9 Å². The number of aliphatic hydroxyl groups is 3. The molecule has 6 heterocycles. The Morgan fingerprint density at radius 3 is 1.90 bits per heavy atom. The van der Waals surface area contributed by atoms with Crippen molar-refractivity contribution in [2.75, 3.05) is 49.4 Å². The smallest absolute Gasteiger partial charge is 0.390 e. The number of fused-ring (bicyclic) bond motifs is 2. The molecule has 0 aliphatic carbocycles. The van der Waals surface area contributed by atoms with Crippen molar-refractivity contribution in [2.24, 2.45) is 0 Å². The quantitative estimate of drug-likeness (QED) is 0.0424. The number of nitrogens with zero attached hydrogens (tertiary/aromatic N) is 6. The topological polar surface area (TPSA) is 370 Å². The predicted molar refractivity (Wildman–Crippen MR) is 176 cm³/mol. The molecule has 11 N–H and O–H groups in total. The molecule has 0 spiro atoms. The van der Waals surface area contributed by atoms with Crippen LogP contribution in [0.2, 0.25) is 0 Å².